The van der Waals surface area contributed by atoms with Crippen LogP contribution in [-0.2, 0) is 13.6 Å². The third-order valence-electron chi connectivity index (χ3n) is 2.07. The average molecular weight is 242 g/mol. The molecule has 0 aromatic carbocycles. The molecule has 0 saturated heterocycles. The van der Waals surface area contributed by atoms with E-state index in [0.29, 0.717) is 0 Å². The number of carbonyl (C=O) groups excluding carboxylic acids is 1. The van der Waals surface area contributed by atoms with Gasteiger partial charge in [0.1, 0.15) is 0 Å². The van der Waals surface area contributed by atoms with E-state index in [9.17, 15) is 14.4 Å². The number of hydrogen-bond acceptors (Lipinski definition) is 4. The lowest BCUT2D eigenvalue weighted by Crippen LogP contribution is -2.40. The van der Waals surface area contributed by atoms with Gasteiger partial charge in [-0.25, -0.2) is 4.79 Å². The Kier molecular flexibility index (Phi) is 6.12. The zero-order valence-electron chi connectivity index (χ0n) is 10.6. The first-order chi connectivity index (χ1) is 7.99. The summed E-state index contributed by atoms with van der Waals surface area (Å²) in [5, 5.41) is 8.70. The smallest absolute Gasteiger partial charge is 0.330 e. The molecule has 1 N–H and O–H groups in total. The number of aliphatic hydroxyl groups excluding tert-OH is 1. The maximum absolute atomic E-state index is 11.5. The van der Waals surface area contributed by atoms with Crippen LogP contribution < -0.4 is 11.2 Å². The first-order valence-corrected chi connectivity index (χ1v) is 5.41. The molecule has 17 heavy (non-hydrogen) atoms. The quantitative estimate of drug-likeness (QED) is 0.742. The Morgan fingerprint density at radius 1 is 1.35 bits per heavy atom. The molecule has 6 nitrogen and oxygen atoms in total. The summed E-state index contributed by atoms with van der Waals surface area (Å²) in [6.45, 7) is 5.09. The molecule has 1 heterocycles. The number of hydrogen-bond donors (Lipinski definition) is 1. The molecule has 0 aliphatic rings. The molecule has 0 radical (unpaired) electrons. The van der Waals surface area contributed by atoms with E-state index >= 15 is 0 Å². The molecule has 1 aromatic heterocycles. The molecule has 0 bridgehead atoms. The van der Waals surface area contributed by atoms with Crippen molar-refractivity contribution in [3.8, 4) is 0 Å². The Morgan fingerprint density at radius 2 is 1.88 bits per heavy atom. The van der Waals surface area contributed by atoms with Crippen molar-refractivity contribution in [3.05, 3.63) is 32.6 Å². The van der Waals surface area contributed by atoms with Crippen molar-refractivity contribution in [1.82, 2.24) is 9.13 Å². The molecule has 0 fully saturated rings. The van der Waals surface area contributed by atoms with Crippen LogP contribution in [0.25, 0.3) is 0 Å². The number of ketones is 1. The van der Waals surface area contributed by atoms with Crippen LogP contribution in [-0.4, -0.2) is 26.6 Å². The van der Waals surface area contributed by atoms with Crippen LogP contribution >= 0.6 is 0 Å². The van der Waals surface area contributed by atoms with E-state index in [4.69, 9.17) is 5.11 Å². The number of aromatic nitrogens is 2. The van der Waals surface area contributed by atoms with Gasteiger partial charge in [0, 0.05) is 13.2 Å². The number of nitrogens with zero attached hydrogens (tertiary/aromatic N) is 2. The Labute approximate surface area is 99.1 Å². The molecule has 96 valence electrons. The van der Waals surface area contributed by atoms with Crippen molar-refractivity contribution < 1.29 is 9.90 Å². The average Bonchev–Trinajstić information content (AvgIpc) is 2.32. The highest BCUT2D eigenvalue weighted by Gasteiger charge is 2.11. The molecule has 0 spiro atoms. The molecule has 0 unspecified atom stereocenters. The first kappa shape index (κ1) is 15.3. The molecule has 0 atom stereocenters. The van der Waals surface area contributed by atoms with Crippen LogP contribution in [0.15, 0.2) is 15.8 Å². The second-order valence-electron chi connectivity index (χ2n) is 3.16. The van der Waals surface area contributed by atoms with E-state index in [-0.39, 0.29) is 18.7 Å². The molecule has 0 aliphatic heterocycles. The van der Waals surface area contributed by atoms with E-state index in [0.717, 1.165) is 9.13 Å². The molecule has 1 aromatic rings. The highest BCUT2D eigenvalue weighted by atomic mass is 16.3. The molecule has 1 rings (SSSR count). The molecular formula is C11H18N2O4. The van der Waals surface area contributed by atoms with Crippen LogP contribution in [0.1, 0.15) is 31.1 Å². The Balaban J connectivity index is 0.00000121. The first-order valence-electron chi connectivity index (χ1n) is 5.41. The zero-order chi connectivity index (χ0) is 13.6. The summed E-state index contributed by atoms with van der Waals surface area (Å²) in [6.07, 6.45) is 1.18. The van der Waals surface area contributed by atoms with Crippen LogP contribution in [0.5, 0.6) is 0 Å². The van der Waals surface area contributed by atoms with Gasteiger partial charge in [-0.2, -0.15) is 0 Å². The lowest BCUT2D eigenvalue weighted by molar-refractivity contribution is 0.101. The van der Waals surface area contributed by atoms with Gasteiger partial charge in [0.2, 0.25) is 0 Å². The highest BCUT2D eigenvalue weighted by Crippen LogP contribution is 1.90. The fourth-order valence-electron chi connectivity index (χ4n) is 1.24. The predicted molar refractivity (Wildman–Crippen MR) is 64.4 cm³/mol. The van der Waals surface area contributed by atoms with Gasteiger partial charge in [-0.3, -0.25) is 18.7 Å². The van der Waals surface area contributed by atoms with E-state index in [2.05, 4.69) is 0 Å². The van der Waals surface area contributed by atoms with Crippen molar-refractivity contribution in [2.75, 3.05) is 6.61 Å². The lowest BCUT2D eigenvalue weighted by Gasteiger charge is -2.07. The topological polar surface area (TPSA) is 81.3 Å². The minimum absolute atomic E-state index is 0.0504. The van der Waals surface area contributed by atoms with Crippen molar-refractivity contribution in [2.45, 2.75) is 27.3 Å². The summed E-state index contributed by atoms with van der Waals surface area (Å²) in [7, 11) is 1.30. The van der Waals surface area contributed by atoms with Crippen molar-refractivity contribution >= 4 is 5.78 Å². The number of aliphatic hydroxyl groups is 1. The summed E-state index contributed by atoms with van der Waals surface area (Å²) in [5.41, 5.74) is -1.20. The predicted octanol–water partition coefficient (Wildman–Crippen LogP) is -0.232. The highest BCUT2D eigenvalue weighted by molar-refractivity contribution is 5.93. The van der Waals surface area contributed by atoms with E-state index in [1.165, 1.54) is 20.2 Å². The van der Waals surface area contributed by atoms with Crippen molar-refractivity contribution in [1.29, 1.82) is 0 Å². The summed E-state index contributed by atoms with van der Waals surface area (Å²) < 4.78 is 1.99. The third kappa shape index (κ3) is 3.39. The van der Waals surface area contributed by atoms with E-state index in [1.807, 2.05) is 13.8 Å². The maximum Gasteiger partial charge on any atom is 0.330 e. The second-order valence-corrected chi connectivity index (χ2v) is 3.16. The van der Waals surface area contributed by atoms with Crippen LogP contribution in [0.3, 0.4) is 0 Å². The summed E-state index contributed by atoms with van der Waals surface area (Å²) in [4.78, 5) is 34.0. The SMILES string of the molecule is CC.CC(=O)c1cn(CCO)c(=O)n(C)c1=O. The zero-order valence-corrected chi connectivity index (χ0v) is 10.6. The summed E-state index contributed by atoms with van der Waals surface area (Å²) in [6, 6.07) is 0. The summed E-state index contributed by atoms with van der Waals surface area (Å²) >= 11 is 0. The minimum atomic E-state index is -0.610. The fourth-order valence-corrected chi connectivity index (χ4v) is 1.24. The Bertz CT molecular complexity index is 499. The van der Waals surface area contributed by atoms with E-state index in [1.54, 1.807) is 0 Å². The van der Waals surface area contributed by atoms with Gasteiger partial charge in [-0.15, -0.1) is 0 Å². The van der Waals surface area contributed by atoms with Crippen LogP contribution in [0, 0.1) is 0 Å². The lowest BCUT2D eigenvalue weighted by atomic mass is 10.2. The van der Waals surface area contributed by atoms with Gasteiger partial charge in [-0.1, -0.05) is 13.8 Å². The number of carbonyl (C=O) groups is 1. The van der Waals surface area contributed by atoms with Crippen LogP contribution in [0.4, 0.5) is 0 Å². The number of Topliss-reactive ketones (excluding diaryl/α,β-unsaturated/α-hetero) is 1. The Morgan fingerprint density at radius 3 is 2.29 bits per heavy atom. The maximum atomic E-state index is 11.5. The molecular weight excluding hydrogens is 224 g/mol. The summed E-state index contributed by atoms with van der Waals surface area (Å²) in [5.74, 6) is -0.401. The van der Waals surface area contributed by atoms with Gasteiger partial charge in [0.15, 0.2) is 5.78 Å². The van der Waals surface area contributed by atoms with Gasteiger partial charge in [0.05, 0.1) is 18.7 Å². The fraction of sp³-hybridized carbons (Fsp3) is 0.545. The van der Waals surface area contributed by atoms with Gasteiger partial charge in [0.25, 0.3) is 5.56 Å². The molecule has 6 heteroatoms. The number of rotatable bonds is 3. The minimum Gasteiger partial charge on any atom is -0.395 e. The largest absolute Gasteiger partial charge is 0.395 e. The molecule has 0 aliphatic carbocycles. The second kappa shape index (κ2) is 6.80. The Hall–Kier alpha value is -1.69. The third-order valence-corrected chi connectivity index (χ3v) is 2.07. The van der Waals surface area contributed by atoms with Crippen LogP contribution in [0.2, 0.25) is 0 Å². The van der Waals surface area contributed by atoms with E-state index < -0.39 is 17.0 Å². The normalized spacial score (nSPS) is 9.47. The van der Waals surface area contributed by atoms with Gasteiger partial charge >= 0.3 is 5.69 Å². The van der Waals surface area contributed by atoms with Crippen molar-refractivity contribution in [2.24, 2.45) is 7.05 Å². The van der Waals surface area contributed by atoms with Crippen molar-refractivity contribution in [3.63, 3.8) is 0 Å². The monoisotopic (exact) mass is 242 g/mol. The molecule has 0 amide bonds. The van der Waals surface area contributed by atoms with Gasteiger partial charge in [-0.05, 0) is 6.92 Å². The standard InChI is InChI=1S/C9H12N2O4.C2H6/c1-6(13)7-5-11(3-4-12)9(15)10(2)8(7)14;1-2/h5,12H,3-4H2,1-2H3;1-2H3. The molecule has 0 saturated carbocycles. The van der Waals surface area contributed by atoms with Gasteiger partial charge < -0.3 is 5.11 Å².